The SMILES string of the molecule is O=S1(=O)CCC(COCc2ccccc2)N1. The number of hydrogen-bond donors (Lipinski definition) is 1. The molecule has 1 saturated heterocycles. The summed E-state index contributed by atoms with van der Waals surface area (Å²) in [5.41, 5.74) is 1.10. The number of benzene rings is 1. The second-order valence-electron chi connectivity index (χ2n) is 3.92. The molecule has 0 radical (unpaired) electrons. The fourth-order valence-corrected chi connectivity index (χ4v) is 3.09. The van der Waals surface area contributed by atoms with Crippen LogP contribution in [0.1, 0.15) is 12.0 Å². The van der Waals surface area contributed by atoms with Gasteiger partial charge in [0.15, 0.2) is 0 Å². The summed E-state index contributed by atoms with van der Waals surface area (Å²) < 4.78 is 30.2. The Kier molecular flexibility index (Phi) is 3.58. The van der Waals surface area contributed by atoms with Crippen LogP contribution >= 0.6 is 0 Å². The van der Waals surface area contributed by atoms with Gasteiger partial charge in [-0.25, -0.2) is 13.1 Å². The third-order valence-electron chi connectivity index (χ3n) is 2.51. The second-order valence-corrected chi connectivity index (χ2v) is 5.80. The maximum Gasteiger partial charge on any atom is 0.211 e. The van der Waals surface area contributed by atoms with Gasteiger partial charge < -0.3 is 4.74 Å². The maximum absolute atomic E-state index is 11.1. The molecule has 0 aliphatic carbocycles. The fraction of sp³-hybridized carbons (Fsp3) is 0.455. The molecule has 1 N–H and O–H groups in total. The minimum Gasteiger partial charge on any atom is -0.375 e. The Labute approximate surface area is 95.7 Å². The van der Waals surface area contributed by atoms with Crippen LogP contribution in [0.25, 0.3) is 0 Å². The number of ether oxygens (including phenoxy) is 1. The van der Waals surface area contributed by atoms with Crippen LogP contribution in [0.4, 0.5) is 0 Å². The van der Waals surface area contributed by atoms with E-state index in [1.807, 2.05) is 30.3 Å². The van der Waals surface area contributed by atoms with Crippen molar-refractivity contribution in [1.29, 1.82) is 0 Å². The van der Waals surface area contributed by atoms with Gasteiger partial charge in [-0.05, 0) is 12.0 Å². The van der Waals surface area contributed by atoms with E-state index in [0.29, 0.717) is 19.6 Å². The van der Waals surface area contributed by atoms with E-state index in [0.717, 1.165) is 5.56 Å². The molecule has 1 fully saturated rings. The Morgan fingerprint density at radius 3 is 2.69 bits per heavy atom. The molecule has 1 aromatic rings. The molecule has 1 aliphatic rings. The zero-order valence-corrected chi connectivity index (χ0v) is 9.74. The van der Waals surface area contributed by atoms with E-state index in [2.05, 4.69) is 4.72 Å². The van der Waals surface area contributed by atoms with E-state index in [-0.39, 0.29) is 11.8 Å². The molecule has 0 saturated carbocycles. The van der Waals surface area contributed by atoms with Crippen LogP contribution in [0.3, 0.4) is 0 Å². The van der Waals surface area contributed by atoms with E-state index in [1.54, 1.807) is 0 Å². The summed E-state index contributed by atoms with van der Waals surface area (Å²) in [6.45, 7) is 0.965. The minimum atomic E-state index is -3.02. The van der Waals surface area contributed by atoms with Crippen LogP contribution in [0.5, 0.6) is 0 Å². The first-order chi connectivity index (χ1) is 7.66. The highest BCUT2D eigenvalue weighted by Gasteiger charge is 2.26. The van der Waals surface area contributed by atoms with Crippen LogP contribution in [0.2, 0.25) is 0 Å². The summed E-state index contributed by atoms with van der Waals surface area (Å²) in [5.74, 6) is 0.215. The van der Waals surface area contributed by atoms with E-state index in [4.69, 9.17) is 4.74 Å². The molecule has 1 aliphatic heterocycles. The van der Waals surface area contributed by atoms with Crippen LogP contribution in [0, 0.1) is 0 Å². The number of rotatable bonds is 4. The summed E-state index contributed by atoms with van der Waals surface area (Å²) in [7, 11) is -3.02. The zero-order valence-electron chi connectivity index (χ0n) is 8.93. The molecule has 5 heteroatoms. The summed E-state index contributed by atoms with van der Waals surface area (Å²) in [5, 5.41) is 0. The van der Waals surface area contributed by atoms with Crippen LogP contribution in [0.15, 0.2) is 30.3 Å². The van der Waals surface area contributed by atoms with Crippen molar-refractivity contribution < 1.29 is 13.2 Å². The molecular formula is C11H15NO3S. The zero-order chi connectivity index (χ0) is 11.4. The average molecular weight is 241 g/mol. The predicted octanol–water partition coefficient (Wildman–Crippen LogP) is 0.895. The topological polar surface area (TPSA) is 55.4 Å². The number of hydrogen-bond acceptors (Lipinski definition) is 3. The Bertz CT molecular complexity index is 430. The Balaban J connectivity index is 1.74. The first-order valence-corrected chi connectivity index (χ1v) is 6.93. The van der Waals surface area contributed by atoms with Crippen molar-refractivity contribution in [3.63, 3.8) is 0 Å². The van der Waals surface area contributed by atoms with Crippen molar-refractivity contribution >= 4 is 10.0 Å². The normalized spacial score (nSPS) is 23.4. The van der Waals surface area contributed by atoms with Gasteiger partial charge in [-0.2, -0.15) is 0 Å². The molecule has 1 aromatic carbocycles. The van der Waals surface area contributed by atoms with Gasteiger partial charge in [0.2, 0.25) is 10.0 Å². The first kappa shape index (κ1) is 11.6. The first-order valence-electron chi connectivity index (χ1n) is 5.27. The van der Waals surface area contributed by atoms with Crippen molar-refractivity contribution in [2.45, 2.75) is 19.1 Å². The van der Waals surface area contributed by atoms with E-state index < -0.39 is 10.0 Å². The maximum atomic E-state index is 11.1. The standard InChI is InChI=1S/C11H15NO3S/c13-16(14)7-6-11(12-16)9-15-8-10-4-2-1-3-5-10/h1-5,11-12H,6-9H2. The largest absolute Gasteiger partial charge is 0.375 e. The van der Waals surface area contributed by atoms with Crippen molar-refractivity contribution in [1.82, 2.24) is 4.72 Å². The highest BCUT2D eigenvalue weighted by atomic mass is 32.2. The van der Waals surface area contributed by atoms with Crippen molar-refractivity contribution in [3.8, 4) is 0 Å². The Morgan fingerprint density at radius 1 is 1.31 bits per heavy atom. The number of nitrogens with one attached hydrogen (secondary N) is 1. The molecule has 4 nitrogen and oxygen atoms in total. The van der Waals surface area contributed by atoms with Crippen molar-refractivity contribution in [2.24, 2.45) is 0 Å². The molecule has 16 heavy (non-hydrogen) atoms. The highest BCUT2D eigenvalue weighted by molar-refractivity contribution is 7.89. The predicted molar refractivity (Wildman–Crippen MR) is 61.4 cm³/mol. The quantitative estimate of drug-likeness (QED) is 0.852. The smallest absolute Gasteiger partial charge is 0.211 e. The molecule has 0 spiro atoms. The monoisotopic (exact) mass is 241 g/mol. The van der Waals surface area contributed by atoms with Crippen LogP contribution in [-0.2, 0) is 21.4 Å². The van der Waals surface area contributed by atoms with Crippen LogP contribution < -0.4 is 4.72 Å². The van der Waals surface area contributed by atoms with E-state index in [9.17, 15) is 8.42 Å². The van der Waals surface area contributed by atoms with Gasteiger partial charge in [0.05, 0.1) is 19.0 Å². The van der Waals surface area contributed by atoms with Gasteiger partial charge in [0, 0.05) is 6.04 Å². The van der Waals surface area contributed by atoms with Gasteiger partial charge in [0.25, 0.3) is 0 Å². The Hall–Kier alpha value is -0.910. The minimum absolute atomic E-state index is 0.0614. The lowest BCUT2D eigenvalue weighted by Crippen LogP contribution is -2.29. The lowest BCUT2D eigenvalue weighted by atomic mass is 10.2. The average Bonchev–Trinajstić information content (AvgIpc) is 2.60. The van der Waals surface area contributed by atoms with Gasteiger partial charge in [-0.15, -0.1) is 0 Å². The van der Waals surface area contributed by atoms with E-state index >= 15 is 0 Å². The molecule has 2 rings (SSSR count). The molecule has 0 amide bonds. The summed E-state index contributed by atoms with van der Waals surface area (Å²) in [6, 6.07) is 9.77. The lowest BCUT2D eigenvalue weighted by Gasteiger charge is -2.09. The molecule has 1 atom stereocenters. The van der Waals surface area contributed by atoms with Gasteiger partial charge in [-0.3, -0.25) is 0 Å². The van der Waals surface area contributed by atoms with Crippen molar-refractivity contribution in [3.05, 3.63) is 35.9 Å². The number of sulfonamides is 1. The highest BCUT2D eigenvalue weighted by Crippen LogP contribution is 2.09. The summed E-state index contributed by atoms with van der Waals surface area (Å²) in [4.78, 5) is 0. The second kappa shape index (κ2) is 4.95. The summed E-state index contributed by atoms with van der Waals surface area (Å²) >= 11 is 0. The Morgan fingerprint density at radius 2 is 2.06 bits per heavy atom. The molecule has 1 unspecified atom stereocenters. The summed E-state index contributed by atoms with van der Waals surface area (Å²) in [6.07, 6.45) is 0.636. The van der Waals surface area contributed by atoms with Crippen molar-refractivity contribution in [2.75, 3.05) is 12.4 Å². The molecule has 0 bridgehead atoms. The van der Waals surface area contributed by atoms with Gasteiger partial charge in [0.1, 0.15) is 0 Å². The van der Waals surface area contributed by atoms with Gasteiger partial charge in [-0.1, -0.05) is 30.3 Å². The molecule has 88 valence electrons. The molecule has 0 aromatic heterocycles. The lowest BCUT2D eigenvalue weighted by molar-refractivity contribution is 0.105. The third kappa shape index (κ3) is 3.30. The van der Waals surface area contributed by atoms with Gasteiger partial charge >= 0.3 is 0 Å². The van der Waals surface area contributed by atoms with E-state index in [1.165, 1.54) is 0 Å². The molecular weight excluding hydrogens is 226 g/mol. The third-order valence-corrected chi connectivity index (χ3v) is 3.98. The molecule has 1 heterocycles. The fourth-order valence-electron chi connectivity index (χ4n) is 1.68. The van der Waals surface area contributed by atoms with Crippen LogP contribution in [-0.4, -0.2) is 26.8 Å².